The monoisotopic (exact) mass is 423 g/mol. The summed E-state index contributed by atoms with van der Waals surface area (Å²) >= 11 is 0.406. The Hall–Kier alpha value is -1.13. The number of hydrogen-bond donors (Lipinski definition) is 0. The van der Waals surface area contributed by atoms with E-state index in [0.717, 1.165) is 24.0 Å². The topological polar surface area (TPSA) is 37.4 Å². The molecule has 0 spiro atoms. The van der Waals surface area contributed by atoms with Crippen molar-refractivity contribution in [2.75, 3.05) is 25.9 Å². The number of rotatable bonds is 6. The molecule has 2 aromatic carbocycles. The maximum absolute atomic E-state index is 12.8. The van der Waals surface area contributed by atoms with Crippen LogP contribution < -0.4 is 4.46 Å². The van der Waals surface area contributed by atoms with E-state index in [1.54, 1.807) is 12.1 Å². The molecular weight excluding hydrogens is 397 g/mol. The zero-order valence-electron chi connectivity index (χ0n) is 14.8. The van der Waals surface area contributed by atoms with Gasteiger partial charge >= 0.3 is 158 Å². The molecular formula is C20H25NO2SSe. The van der Waals surface area contributed by atoms with Crippen molar-refractivity contribution in [2.45, 2.75) is 17.1 Å². The molecule has 3 rings (SSSR count). The van der Waals surface area contributed by atoms with Gasteiger partial charge in [-0.05, 0) is 0 Å². The Bertz CT molecular complexity index is 790. The van der Waals surface area contributed by atoms with E-state index >= 15 is 0 Å². The van der Waals surface area contributed by atoms with Crippen LogP contribution in [0.4, 0.5) is 0 Å². The van der Waals surface area contributed by atoms with Crippen LogP contribution >= 0.6 is 0 Å². The van der Waals surface area contributed by atoms with E-state index in [1.165, 1.54) is 4.46 Å². The van der Waals surface area contributed by atoms with E-state index in [4.69, 9.17) is 0 Å². The van der Waals surface area contributed by atoms with Crippen LogP contribution in [-0.4, -0.2) is 54.2 Å². The Morgan fingerprint density at radius 1 is 1.00 bits per heavy atom. The first kappa shape index (κ1) is 18.7. The van der Waals surface area contributed by atoms with Gasteiger partial charge in [-0.3, -0.25) is 0 Å². The van der Waals surface area contributed by atoms with Crippen LogP contribution in [0.25, 0.3) is 0 Å². The second kappa shape index (κ2) is 8.05. The SMILES string of the molecule is Cc1ccc(S(=O)(=O)C[C@@H]2CN(C)C[C@@H]2C[Se]c2ccccc2)cc1. The molecule has 1 aliphatic rings. The van der Waals surface area contributed by atoms with Crippen LogP contribution in [0.3, 0.4) is 0 Å². The van der Waals surface area contributed by atoms with Crippen molar-refractivity contribution in [2.24, 2.45) is 11.8 Å². The van der Waals surface area contributed by atoms with Gasteiger partial charge in [0.15, 0.2) is 0 Å². The molecule has 5 heteroatoms. The Kier molecular flexibility index (Phi) is 6.00. The van der Waals surface area contributed by atoms with Crippen molar-refractivity contribution in [3.8, 4) is 0 Å². The zero-order chi connectivity index (χ0) is 17.9. The average molecular weight is 422 g/mol. The van der Waals surface area contributed by atoms with Gasteiger partial charge in [-0.25, -0.2) is 0 Å². The van der Waals surface area contributed by atoms with Gasteiger partial charge in [0, 0.05) is 0 Å². The predicted octanol–water partition coefficient (Wildman–Crippen LogP) is 2.39. The Morgan fingerprint density at radius 3 is 2.32 bits per heavy atom. The normalized spacial score (nSPS) is 21.5. The Morgan fingerprint density at radius 2 is 1.64 bits per heavy atom. The molecule has 134 valence electrons. The van der Waals surface area contributed by atoms with Crippen LogP contribution in [0, 0.1) is 18.8 Å². The van der Waals surface area contributed by atoms with Crippen molar-refractivity contribution < 1.29 is 8.42 Å². The fourth-order valence-corrected chi connectivity index (χ4v) is 7.46. The van der Waals surface area contributed by atoms with Crippen molar-refractivity contribution in [1.82, 2.24) is 4.90 Å². The number of sulfone groups is 1. The van der Waals surface area contributed by atoms with E-state index in [9.17, 15) is 8.42 Å². The number of hydrogen-bond acceptors (Lipinski definition) is 3. The molecule has 1 fully saturated rings. The number of likely N-dealkylation sites (tertiary alicyclic amines) is 1. The first-order chi connectivity index (χ1) is 11.9. The van der Waals surface area contributed by atoms with E-state index in [2.05, 4.69) is 36.2 Å². The molecule has 0 amide bonds. The molecule has 0 unspecified atom stereocenters. The average Bonchev–Trinajstić information content (AvgIpc) is 2.93. The maximum atomic E-state index is 12.8. The quantitative estimate of drug-likeness (QED) is 0.671. The van der Waals surface area contributed by atoms with Crippen LogP contribution in [0.5, 0.6) is 0 Å². The fourth-order valence-electron chi connectivity index (χ4n) is 3.39. The third-order valence-electron chi connectivity index (χ3n) is 4.78. The van der Waals surface area contributed by atoms with E-state index in [1.807, 2.05) is 25.1 Å². The summed E-state index contributed by atoms with van der Waals surface area (Å²) in [5.41, 5.74) is 1.09. The molecule has 3 nitrogen and oxygen atoms in total. The van der Waals surface area contributed by atoms with Gasteiger partial charge in [-0.2, -0.15) is 0 Å². The predicted molar refractivity (Wildman–Crippen MR) is 104 cm³/mol. The second-order valence-electron chi connectivity index (χ2n) is 6.96. The number of aryl methyl sites for hydroxylation is 1. The summed E-state index contributed by atoms with van der Waals surface area (Å²) < 4.78 is 27.0. The molecule has 25 heavy (non-hydrogen) atoms. The summed E-state index contributed by atoms with van der Waals surface area (Å²) in [6, 6.07) is 17.8. The van der Waals surface area contributed by atoms with Gasteiger partial charge < -0.3 is 0 Å². The van der Waals surface area contributed by atoms with Crippen molar-refractivity contribution >= 4 is 29.3 Å². The third-order valence-corrected chi connectivity index (χ3v) is 9.16. The molecule has 0 saturated carbocycles. The van der Waals surface area contributed by atoms with Crippen molar-refractivity contribution in [3.63, 3.8) is 0 Å². The van der Waals surface area contributed by atoms with Gasteiger partial charge in [0.05, 0.1) is 0 Å². The van der Waals surface area contributed by atoms with Crippen molar-refractivity contribution in [1.29, 1.82) is 0 Å². The first-order valence-electron chi connectivity index (χ1n) is 8.60. The fraction of sp³-hybridized carbons (Fsp3) is 0.400. The molecule has 0 aliphatic carbocycles. The van der Waals surface area contributed by atoms with Crippen LogP contribution in [0.15, 0.2) is 59.5 Å². The minimum atomic E-state index is -3.22. The summed E-state index contributed by atoms with van der Waals surface area (Å²) in [5, 5.41) is 1.11. The molecule has 1 heterocycles. The van der Waals surface area contributed by atoms with E-state index in [0.29, 0.717) is 25.8 Å². The van der Waals surface area contributed by atoms with Crippen molar-refractivity contribution in [3.05, 3.63) is 60.2 Å². The van der Waals surface area contributed by atoms with Gasteiger partial charge in [-0.1, -0.05) is 0 Å². The van der Waals surface area contributed by atoms with Gasteiger partial charge in [0.2, 0.25) is 0 Å². The van der Waals surface area contributed by atoms with Crippen LogP contribution in [0.2, 0.25) is 5.32 Å². The molecule has 0 N–H and O–H groups in total. The Labute approximate surface area is 157 Å². The molecule has 2 aromatic rings. The molecule has 1 aliphatic heterocycles. The third kappa shape index (κ3) is 4.95. The first-order valence-corrected chi connectivity index (χ1v) is 12.3. The van der Waals surface area contributed by atoms with E-state index in [-0.39, 0.29) is 11.7 Å². The van der Waals surface area contributed by atoms with Gasteiger partial charge in [0.1, 0.15) is 0 Å². The standard InChI is InChI=1S/C20H25NO2SSe/c1-16-8-10-19(11-9-16)24(22,23)14-17-12-21(2)13-18(17)15-25-20-6-4-3-5-7-20/h3-11,17-18H,12-15H2,1-2H3/t17-,18+/m0/s1. The molecule has 0 radical (unpaired) electrons. The number of nitrogens with zero attached hydrogens (tertiary/aromatic N) is 1. The van der Waals surface area contributed by atoms with Gasteiger partial charge in [0.25, 0.3) is 0 Å². The minimum absolute atomic E-state index is 0.224. The van der Waals surface area contributed by atoms with Gasteiger partial charge in [-0.15, -0.1) is 0 Å². The molecule has 2 atom stereocenters. The van der Waals surface area contributed by atoms with Crippen LogP contribution in [-0.2, 0) is 9.84 Å². The summed E-state index contributed by atoms with van der Waals surface area (Å²) in [5.74, 6) is 0.947. The number of benzene rings is 2. The van der Waals surface area contributed by atoms with Crippen LogP contribution in [0.1, 0.15) is 5.56 Å². The summed E-state index contributed by atoms with van der Waals surface area (Å²) in [7, 11) is -1.12. The second-order valence-corrected chi connectivity index (χ2v) is 11.3. The van der Waals surface area contributed by atoms with E-state index < -0.39 is 9.84 Å². The summed E-state index contributed by atoms with van der Waals surface area (Å²) in [4.78, 5) is 2.74. The molecule has 0 bridgehead atoms. The Balaban J connectivity index is 1.67. The summed E-state index contributed by atoms with van der Waals surface area (Å²) in [6.07, 6.45) is 0. The molecule has 1 saturated heterocycles. The zero-order valence-corrected chi connectivity index (χ0v) is 17.3. The molecule has 0 aromatic heterocycles. The summed E-state index contributed by atoms with van der Waals surface area (Å²) in [6.45, 7) is 3.85.